The minimum Gasteiger partial charge on any atom is -0.497 e. The Morgan fingerprint density at radius 1 is 1.03 bits per heavy atom. The maximum absolute atomic E-state index is 13.1. The van der Waals surface area contributed by atoms with Crippen LogP contribution in [0, 0.1) is 0 Å². The maximum Gasteiger partial charge on any atom is 0.573 e. The number of sulfonamides is 1. The highest BCUT2D eigenvalue weighted by Gasteiger charge is 2.31. The number of ether oxygens (including phenoxy) is 2. The highest BCUT2D eigenvalue weighted by Crippen LogP contribution is 2.28. The average Bonchev–Trinajstić information content (AvgIpc) is 3.28. The van der Waals surface area contributed by atoms with Gasteiger partial charge < -0.3 is 14.8 Å². The van der Waals surface area contributed by atoms with Crippen molar-refractivity contribution in [1.29, 1.82) is 0 Å². The van der Waals surface area contributed by atoms with E-state index in [-0.39, 0.29) is 15.6 Å². The third-order valence-corrected chi connectivity index (χ3v) is 7.21. The van der Waals surface area contributed by atoms with Crippen molar-refractivity contribution >= 4 is 38.6 Å². The summed E-state index contributed by atoms with van der Waals surface area (Å²) in [6, 6.07) is 13.6. The van der Waals surface area contributed by atoms with Crippen molar-refractivity contribution in [3.63, 3.8) is 0 Å². The van der Waals surface area contributed by atoms with E-state index in [2.05, 4.69) is 10.1 Å². The smallest absolute Gasteiger partial charge is 0.497 e. The highest BCUT2D eigenvalue weighted by atomic mass is 32.2. The second-order valence-corrected chi connectivity index (χ2v) is 9.30. The van der Waals surface area contributed by atoms with Crippen LogP contribution in [0.25, 0.3) is 0 Å². The minimum atomic E-state index is -4.83. The van der Waals surface area contributed by atoms with Crippen LogP contribution in [0.4, 0.5) is 24.5 Å². The fourth-order valence-corrected chi connectivity index (χ4v) is 5.18. The molecule has 0 bridgehead atoms. The number of benzene rings is 2. The third-order valence-electron chi connectivity index (χ3n) is 4.06. The van der Waals surface area contributed by atoms with Gasteiger partial charge in [-0.2, -0.15) is 0 Å². The van der Waals surface area contributed by atoms with Crippen molar-refractivity contribution < 1.29 is 35.9 Å². The summed E-state index contributed by atoms with van der Waals surface area (Å²) in [7, 11) is -2.57. The second-order valence-electron chi connectivity index (χ2n) is 6.26. The van der Waals surface area contributed by atoms with Crippen LogP contribution in [0.15, 0.2) is 70.3 Å². The van der Waals surface area contributed by atoms with Gasteiger partial charge >= 0.3 is 6.36 Å². The van der Waals surface area contributed by atoms with Gasteiger partial charge in [-0.3, -0.25) is 9.10 Å². The zero-order chi connectivity index (χ0) is 23.4. The summed E-state index contributed by atoms with van der Waals surface area (Å²) in [5.41, 5.74) is 0.413. The van der Waals surface area contributed by atoms with E-state index in [1.54, 1.807) is 23.6 Å². The first-order valence-electron chi connectivity index (χ1n) is 8.94. The molecular weight excluding hydrogens is 469 g/mol. The number of alkyl halides is 3. The van der Waals surface area contributed by atoms with Crippen LogP contribution in [0.3, 0.4) is 0 Å². The number of hydrogen-bond donors (Lipinski definition) is 1. The molecule has 0 aliphatic rings. The van der Waals surface area contributed by atoms with E-state index in [1.165, 1.54) is 37.4 Å². The molecule has 0 saturated carbocycles. The molecule has 0 radical (unpaired) electrons. The van der Waals surface area contributed by atoms with E-state index in [0.29, 0.717) is 5.75 Å². The summed E-state index contributed by atoms with van der Waals surface area (Å²) in [5, 5.41) is 4.07. The number of methoxy groups -OCH3 is 1. The molecule has 0 spiro atoms. The number of carbonyl (C=O) groups is 1. The Balaban J connectivity index is 1.80. The van der Waals surface area contributed by atoms with Gasteiger partial charge in [0.25, 0.3) is 10.0 Å². The van der Waals surface area contributed by atoms with E-state index < -0.39 is 34.6 Å². The summed E-state index contributed by atoms with van der Waals surface area (Å²) >= 11 is 1.01. The molecule has 2 aromatic carbocycles. The predicted octanol–water partition coefficient (Wildman–Crippen LogP) is 4.49. The van der Waals surface area contributed by atoms with E-state index in [0.717, 1.165) is 27.8 Å². The number of nitrogens with zero attached hydrogens (tertiary/aromatic N) is 1. The average molecular weight is 486 g/mol. The van der Waals surface area contributed by atoms with Crippen LogP contribution in [-0.2, 0) is 14.8 Å². The molecule has 3 rings (SSSR count). The number of carbonyl (C=O) groups excluding carboxylic acids is 1. The van der Waals surface area contributed by atoms with E-state index in [1.807, 2.05) is 0 Å². The zero-order valence-electron chi connectivity index (χ0n) is 16.5. The molecule has 32 heavy (non-hydrogen) atoms. The number of nitrogens with one attached hydrogen (secondary N) is 1. The number of hydrogen-bond acceptors (Lipinski definition) is 6. The lowest BCUT2D eigenvalue weighted by atomic mass is 10.3. The molecule has 0 unspecified atom stereocenters. The molecule has 1 amide bonds. The first-order chi connectivity index (χ1) is 15.1. The van der Waals surface area contributed by atoms with Crippen LogP contribution in [0.2, 0.25) is 0 Å². The van der Waals surface area contributed by atoms with Crippen molar-refractivity contribution in [2.45, 2.75) is 10.6 Å². The van der Waals surface area contributed by atoms with Gasteiger partial charge in [-0.15, -0.1) is 24.5 Å². The standard InChI is InChI=1S/C20H17F3N2O5S2/c1-29-16-10-6-15(7-11-16)25(32(27,28)19-3-2-12-31-19)13-18(26)24-14-4-8-17(9-5-14)30-20(21,22)23/h2-12H,13H2,1H3,(H,24,26). The van der Waals surface area contributed by atoms with Gasteiger partial charge in [0, 0.05) is 5.69 Å². The van der Waals surface area contributed by atoms with Gasteiger partial charge in [0.15, 0.2) is 0 Å². The molecule has 7 nitrogen and oxygen atoms in total. The van der Waals surface area contributed by atoms with Crippen molar-refractivity contribution in [1.82, 2.24) is 0 Å². The first-order valence-corrected chi connectivity index (χ1v) is 11.3. The molecule has 0 aliphatic heterocycles. The molecule has 0 fully saturated rings. The Morgan fingerprint density at radius 3 is 2.19 bits per heavy atom. The van der Waals surface area contributed by atoms with Crippen LogP contribution in [0.1, 0.15) is 0 Å². The Labute approximate surface area is 186 Å². The fraction of sp³-hybridized carbons (Fsp3) is 0.150. The highest BCUT2D eigenvalue weighted by molar-refractivity contribution is 7.94. The third kappa shape index (κ3) is 5.92. The Hall–Kier alpha value is -3.25. The molecule has 1 N–H and O–H groups in total. The molecule has 0 aliphatic carbocycles. The van der Waals surface area contributed by atoms with Crippen molar-refractivity contribution in [3.05, 3.63) is 66.0 Å². The SMILES string of the molecule is COc1ccc(N(CC(=O)Nc2ccc(OC(F)(F)F)cc2)S(=O)(=O)c2cccs2)cc1. The summed E-state index contributed by atoms with van der Waals surface area (Å²) in [5.74, 6) is -0.631. The van der Waals surface area contributed by atoms with Crippen LogP contribution >= 0.6 is 11.3 Å². The van der Waals surface area contributed by atoms with Crippen molar-refractivity contribution in [3.8, 4) is 11.5 Å². The molecule has 0 saturated heterocycles. The maximum atomic E-state index is 13.1. The molecule has 0 atom stereocenters. The topological polar surface area (TPSA) is 84.9 Å². The van der Waals surface area contributed by atoms with E-state index in [4.69, 9.17) is 4.74 Å². The van der Waals surface area contributed by atoms with Gasteiger partial charge in [-0.25, -0.2) is 8.42 Å². The number of anilines is 2. The fourth-order valence-electron chi connectivity index (χ4n) is 2.65. The zero-order valence-corrected chi connectivity index (χ0v) is 18.1. The van der Waals surface area contributed by atoms with Crippen LogP contribution in [0.5, 0.6) is 11.5 Å². The molecule has 3 aromatic rings. The lowest BCUT2D eigenvalue weighted by molar-refractivity contribution is -0.274. The summed E-state index contributed by atoms with van der Waals surface area (Å²) in [4.78, 5) is 12.6. The monoisotopic (exact) mass is 486 g/mol. The van der Waals surface area contributed by atoms with E-state index >= 15 is 0 Å². The minimum absolute atomic E-state index is 0.0507. The lowest BCUT2D eigenvalue weighted by Crippen LogP contribution is -2.37. The number of rotatable bonds is 8. The van der Waals surface area contributed by atoms with Gasteiger partial charge in [0.2, 0.25) is 5.91 Å². The molecule has 12 heteroatoms. The van der Waals surface area contributed by atoms with Crippen LogP contribution < -0.4 is 19.1 Å². The quantitative estimate of drug-likeness (QED) is 0.507. The van der Waals surface area contributed by atoms with Gasteiger partial charge in [-0.05, 0) is 60.0 Å². The van der Waals surface area contributed by atoms with Gasteiger partial charge in [-0.1, -0.05) is 6.07 Å². The van der Waals surface area contributed by atoms with Crippen molar-refractivity contribution in [2.24, 2.45) is 0 Å². The molecule has 1 aromatic heterocycles. The summed E-state index contributed by atoms with van der Waals surface area (Å²) in [6.45, 7) is -0.562. The number of thiophene rings is 1. The van der Waals surface area contributed by atoms with Crippen LogP contribution in [-0.4, -0.2) is 34.3 Å². The van der Waals surface area contributed by atoms with Crippen molar-refractivity contribution in [2.75, 3.05) is 23.3 Å². The predicted molar refractivity (Wildman–Crippen MR) is 114 cm³/mol. The lowest BCUT2D eigenvalue weighted by Gasteiger charge is -2.23. The molecule has 170 valence electrons. The normalized spacial score (nSPS) is 11.6. The number of halogens is 3. The Kier molecular flexibility index (Phi) is 6.94. The largest absolute Gasteiger partial charge is 0.573 e. The Morgan fingerprint density at radius 2 is 1.66 bits per heavy atom. The summed E-state index contributed by atoms with van der Waals surface area (Å²) in [6.07, 6.45) is -4.83. The number of amides is 1. The second kappa shape index (κ2) is 9.49. The van der Waals surface area contributed by atoms with Gasteiger partial charge in [0.1, 0.15) is 22.3 Å². The van der Waals surface area contributed by atoms with E-state index in [9.17, 15) is 26.4 Å². The Bertz CT molecular complexity index is 1150. The van der Waals surface area contributed by atoms with Gasteiger partial charge in [0.05, 0.1) is 12.8 Å². The molecular formula is C20H17F3N2O5S2. The summed E-state index contributed by atoms with van der Waals surface area (Å²) < 4.78 is 72.9. The first kappa shape index (κ1) is 23.4. The molecule has 1 heterocycles.